The topological polar surface area (TPSA) is 93.3 Å². The van der Waals surface area contributed by atoms with Crippen LogP contribution >= 0.6 is 0 Å². The van der Waals surface area contributed by atoms with Crippen molar-refractivity contribution in [2.45, 2.75) is 6.54 Å². The highest BCUT2D eigenvalue weighted by molar-refractivity contribution is 5.77. The molecule has 0 unspecified atom stereocenters. The van der Waals surface area contributed by atoms with Crippen LogP contribution < -0.4 is 11.1 Å². The quantitative estimate of drug-likeness (QED) is 0.522. The Balaban J connectivity index is 2.16. The zero-order valence-electron chi connectivity index (χ0n) is 12.3. The maximum absolute atomic E-state index is 12.7. The fourth-order valence-electron chi connectivity index (χ4n) is 2.66. The molecule has 0 aliphatic carbocycles. The van der Waals surface area contributed by atoms with E-state index in [1.165, 1.54) is 21.3 Å². The van der Waals surface area contributed by atoms with Crippen LogP contribution in [0.2, 0.25) is 0 Å². The fraction of sp³-hybridized carbons (Fsp3) is 0.0588. The lowest BCUT2D eigenvalue weighted by Gasteiger charge is -2.10. The predicted molar refractivity (Wildman–Crippen MR) is 85.8 cm³/mol. The number of nitriles is 1. The van der Waals surface area contributed by atoms with Crippen LogP contribution in [0.25, 0.3) is 16.7 Å². The smallest absolute Gasteiger partial charge is 0.270 e. The Hall–Kier alpha value is -3.66. The molecule has 4 heterocycles. The Bertz CT molecular complexity index is 1230. The molecule has 0 saturated heterocycles. The van der Waals surface area contributed by atoms with E-state index in [9.17, 15) is 14.9 Å². The average Bonchev–Trinajstić information content (AvgIpc) is 3.11. The van der Waals surface area contributed by atoms with E-state index < -0.39 is 5.56 Å². The van der Waals surface area contributed by atoms with E-state index in [1.54, 1.807) is 36.5 Å². The van der Waals surface area contributed by atoms with Crippen molar-refractivity contribution in [3.05, 3.63) is 80.9 Å². The van der Waals surface area contributed by atoms with Gasteiger partial charge in [0.25, 0.3) is 11.1 Å². The summed E-state index contributed by atoms with van der Waals surface area (Å²) in [6.45, 7) is 0.0906. The summed E-state index contributed by atoms with van der Waals surface area (Å²) in [5.74, 6) is 0.531. The largest absolute Gasteiger partial charge is 0.467 e. The Morgan fingerprint density at radius 3 is 2.79 bits per heavy atom. The molecular formula is C17H10N4O3. The first-order valence-corrected chi connectivity index (χ1v) is 7.16. The summed E-state index contributed by atoms with van der Waals surface area (Å²) >= 11 is 0. The molecule has 7 heteroatoms. The first kappa shape index (κ1) is 14.0. The van der Waals surface area contributed by atoms with Crippen molar-refractivity contribution in [2.75, 3.05) is 0 Å². The summed E-state index contributed by atoms with van der Waals surface area (Å²) < 4.78 is 7.95. The molecule has 24 heavy (non-hydrogen) atoms. The Morgan fingerprint density at radius 1 is 1.17 bits per heavy atom. The van der Waals surface area contributed by atoms with E-state index in [-0.39, 0.29) is 28.7 Å². The molecule has 4 rings (SSSR count). The van der Waals surface area contributed by atoms with Crippen LogP contribution in [0.4, 0.5) is 0 Å². The fourth-order valence-corrected chi connectivity index (χ4v) is 2.66. The molecule has 0 spiro atoms. The Labute approximate surface area is 134 Å². The minimum Gasteiger partial charge on any atom is -0.467 e. The molecule has 0 aliphatic rings. The third-order valence-corrected chi connectivity index (χ3v) is 3.78. The molecule has 116 valence electrons. The van der Waals surface area contributed by atoms with Crippen LogP contribution in [0.5, 0.6) is 0 Å². The molecular weight excluding hydrogens is 308 g/mol. The second-order valence-electron chi connectivity index (χ2n) is 5.22. The molecule has 0 radical (unpaired) electrons. The molecule has 4 aromatic rings. The second kappa shape index (κ2) is 5.21. The summed E-state index contributed by atoms with van der Waals surface area (Å²) in [7, 11) is 0. The van der Waals surface area contributed by atoms with Crippen LogP contribution in [0.3, 0.4) is 0 Å². The average molecular weight is 318 g/mol. The van der Waals surface area contributed by atoms with Gasteiger partial charge in [-0.1, -0.05) is 6.07 Å². The van der Waals surface area contributed by atoms with Gasteiger partial charge in [-0.15, -0.1) is 0 Å². The van der Waals surface area contributed by atoms with Crippen molar-refractivity contribution in [1.82, 2.24) is 14.0 Å². The SMILES string of the molecule is N#Cc1cc2c(=O)n3ccccc3nc2n(Cc2ccco2)c1=O. The zero-order chi connectivity index (χ0) is 16.7. The number of furan rings is 1. The third-order valence-electron chi connectivity index (χ3n) is 3.78. The maximum Gasteiger partial charge on any atom is 0.270 e. The lowest BCUT2D eigenvalue weighted by Crippen LogP contribution is -2.27. The van der Waals surface area contributed by atoms with Crippen LogP contribution in [0, 0.1) is 11.3 Å². The number of aromatic nitrogens is 3. The molecule has 4 aromatic heterocycles. The summed E-state index contributed by atoms with van der Waals surface area (Å²) in [6, 6.07) is 11.7. The molecule has 0 aliphatic heterocycles. The van der Waals surface area contributed by atoms with Crippen molar-refractivity contribution in [3.63, 3.8) is 0 Å². The number of fused-ring (bicyclic) bond motifs is 2. The molecule has 0 fully saturated rings. The summed E-state index contributed by atoms with van der Waals surface area (Å²) in [6.07, 6.45) is 3.09. The molecule has 0 saturated carbocycles. The highest BCUT2D eigenvalue weighted by atomic mass is 16.3. The molecule has 0 atom stereocenters. The van der Waals surface area contributed by atoms with E-state index in [4.69, 9.17) is 4.42 Å². The van der Waals surface area contributed by atoms with Crippen molar-refractivity contribution in [2.24, 2.45) is 0 Å². The van der Waals surface area contributed by atoms with Crippen LogP contribution in [-0.2, 0) is 6.54 Å². The monoisotopic (exact) mass is 318 g/mol. The third kappa shape index (κ3) is 2.01. The van der Waals surface area contributed by atoms with Gasteiger partial charge in [0.05, 0.1) is 18.2 Å². The number of hydrogen-bond donors (Lipinski definition) is 0. The van der Waals surface area contributed by atoms with E-state index in [0.29, 0.717) is 11.4 Å². The van der Waals surface area contributed by atoms with Gasteiger partial charge in [-0.05, 0) is 30.3 Å². The van der Waals surface area contributed by atoms with Gasteiger partial charge in [0, 0.05) is 6.20 Å². The first-order chi connectivity index (χ1) is 11.7. The predicted octanol–water partition coefficient (Wildman–Crippen LogP) is 1.52. The van der Waals surface area contributed by atoms with E-state index in [0.717, 1.165) is 0 Å². The van der Waals surface area contributed by atoms with Crippen molar-refractivity contribution >= 4 is 16.7 Å². The van der Waals surface area contributed by atoms with Gasteiger partial charge >= 0.3 is 0 Å². The molecule has 0 amide bonds. The maximum atomic E-state index is 12.7. The zero-order valence-corrected chi connectivity index (χ0v) is 12.3. The van der Waals surface area contributed by atoms with Crippen LogP contribution in [0.1, 0.15) is 11.3 Å². The Kier molecular flexibility index (Phi) is 3.03. The van der Waals surface area contributed by atoms with E-state index >= 15 is 0 Å². The van der Waals surface area contributed by atoms with Gasteiger partial charge in [0.2, 0.25) is 0 Å². The summed E-state index contributed by atoms with van der Waals surface area (Å²) in [5, 5.41) is 9.43. The summed E-state index contributed by atoms with van der Waals surface area (Å²) in [5.41, 5.74) is -0.295. The van der Waals surface area contributed by atoms with Crippen molar-refractivity contribution in [1.29, 1.82) is 5.26 Å². The van der Waals surface area contributed by atoms with Gasteiger partial charge in [-0.3, -0.25) is 18.6 Å². The van der Waals surface area contributed by atoms with Gasteiger partial charge in [0.15, 0.2) is 5.65 Å². The number of rotatable bonds is 2. The van der Waals surface area contributed by atoms with Crippen LogP contribution in [0.15, 0.2) is 62.9 Å². The lowest BCUT2D eigenvalue weighted by molar-refractivity contribution is 0.493. The number of pyridine rings is 2. The molecule has 0 N–H and O–H groups in total. The normalized spacial score (nSPS) is 11.0. The van der Waals surface area contributed by atoms with Gasteiger partial charge in [0.1, 0.15) is 23.0 Å². The highest BCUT2D eigenvalue weighted by Crippen LogP contribution is 2.12. The summed E-state index contributed by atoms with van der Waals surface area (Å²) in [4.78, 5) is 29.7. The van der Waals surface area contributed by atoms with Crippen molar-refractivity contribution in [3.8, 4) is 6.07 Å². The van der Waals surface area contributed by atoms with E-state index in [1.807, 2.05) is 6.07 Å². The number of nitrogens with zero attached hydrogens (tertiary/aromatic N) is 4. The molecule has 0 aromatic carbocycles. The van der Waals surface area contributed by atoms with Gasteiger partial charge in [-0.25, -0.2) is 4.98 Å². The minimum atomic E-state index is -0.506. The lowest BCUT2D eigenvalue weighted by atomic mass is 10.2. The minimum absolute atomic E-state index is 0.0906. The van der Waals surface area contributed by atoms with Crippen molar-refractivity contribution < 1.29 is 4.42 Å². The van der Waals surface area contributed by atoms with Crippen LogP contribution in [-0.4, -0.2) is 14.0 Å². The molecule has 0 bridgehead atoms. The molecule has 7 nitrogen and oxygen atoms in total. The Morgan fingerprint density at radius 2 is 2.04 bits per heavy atom. The number of hydrogen-bond acceptors (Lipinski definition) is 5. The second-order valence-corrected chi connectivity index (χ2v) is 5.22. The first-order valence-electron chi connectivity index (χ1n) is 7.16. The van der Waals surface area contributed by atoms with Gasteiger partial charge < -0.3 is 4.42 Å². The van der Waals surface area contributed by atoms with Gasteiger partial charge in [-0.2, -0.15) is 5.26 Å². The van der Waals surface area contributed by atoms with E-state index in [2.05, 4.69) is 4.98 Å². The highest BCUT2D eigenvalue weighted by Gasteiger charge is 2.15. The standard InChI is InChI=1S/C17H10N4O3/c18-9-11-8-13-15(19-14-5-1-2-6-20(14)17(13)23)21(16(11)22)10-12-4-3-7-24-12/h1-8H,10H2.